The van der Waals surface area contributed by atoms with Crippen LogP contribution in [0.1, 0.15) is 26.3 Å². The zero-order chi connectivity index (χ0) is 19.1. The molecule has 0 unspecified atom stereocenters. The van der Waals surface area contributed by atoms with Crippen molar-refractivity contribution in [3.05, 3.63) is 102 Å². The molecule has 136 valence electrons. The van der Waals surface area contributed by atoms with Gasteiger partial charge in [-0.2, -0.15) is 0 Å². The average molecular weight is 359 g/mol. The van der Waals surface area contributed by atoms with Crippen LogP contribution >= 0.6 is 0 Å². The van der Waals surface area contributed by atoms with Gasteiger partial charge in [-0.25, -0.2) is 4.79 Å². The Morgan fingerprint density at radius 3 is 2.07 bits per heavy atom. The lowest BCUT2D eigenvalue weighted by Crippen LogP contribution is -2.34. The quantitative estimate of drug-likeness (QED) is 0.609. The second kappa shape index (κ2) is 8.81. The molecule has 0 saturated heterocycles. The Hall–Kier alpha value is -3.40. The van der Waals surface area contributed by atoms with Gasteiger partial charge in [0.2, 0.25) is 0 Å². The Labute approximate surface area is 159 Å². The Balaban J connectivity index is 1.74. The lowest BCUT2D eigenvalue weighted by Gasteiger charge is -2.23. The second-order valence-electron chi connectivity index (χ2n) is 6.16. The molecule has 1 amide bonds. The minimum atomic E-state index is -0.396. The van der Waals surface area contributed by atoms with Gasteiger partial charge in [-0.05, 0) is 48.9 Å². The molecule has 0 atom stereocenters. The molecule has 0 bridgehead atoms. The molecule has 0 aliphatic heterocycles. The molecule has 3 aromatic carbocycles. The standard InChI is InChI=1S/C23H21NO3/c1-18-9-8-14-21(17-18)24(22(25)19-10-4-2-5-11-19)15-16-27-23(26)20-12-6-3-7-13-20/h2-14,17H,15-16H2,1H3. The first kappa shape index (κ1) is 18.4. The number of anilines is 1. The second-order valence-corrected chi connectivity index (χ2v) is 6.16. The molecule has 0 aliphatic carbocycles. The van der Waals surface area contributed by atoms with Gasteiger partial charge < -0.3 is 9.64 Å². The van der Waals surface area contributed by atoms with Crippen LogP contribution in [-0.4, -0.2) is 25.0 Å². The lowest BCUT2D eigenvalue weighted by atomic mass is 10.1. The van der Waals surface area contributed by atoms with Gasteiger partial charge in [-0.1, -0.05) is 48.5 Å². The van der Waals surface area contributed by atoms with Crippen molar-refractivity contribution in [3.8, 4) is 0 Å². The van der Waals surface area contributed by atoms with Gasteiger partial charge in [0.1, 0.15) is 6.61 Å². The molecule has 0 N–H and O–H groups in total. The molecule has 4 heteroatoms. The van der Waals surface area contributed by atoms with Crippen LogP contribution in [0.25, 0.3) is 0 Å². The Morgan fingerprint density at radius 1 is 0.815 bits per heavy atom. The normalized spacial score (nSPS) is 10.3. The van der Waals surface area contributed by atoms with Crippen molar-refractivity contribution >= 4 is 17.6 Å². The van der Waals surface area contributed by atoms with E-state index in [2.05, 4.69) is 0 Å². The van der Waals surface area contributed by atoms with Crippen molar-refractivity contribution in [1.29, 1.82) is 0 Å². The van der Waals surface area contributed by atoms with E-state index in [9.17, 15) is 9.59 Å². The summed E-state index contributed by atoms with van der Waals surface area (Å²) in [6, 6.07) is 25.6. The van der Waals surface area contributed by atoms with Crippen LogP contribution in [0, 0.1) is 6.92 Å². The third-order valence-electron chi connectivity index (χ3n) is 4.14. The van der Waals surface area contributed by atoms with Crippen LogP contribution in [0.4, 0.5) is 5.69 Å². The van der Waals surface area contributed by atoms with Crippen molar-refractivity contribution in [1.82, 2.24) is 0 Å². The summed E-state index contributed by atoms with van der Waals surface area (Å²) in [5, 5.41) is 0. The van der Waals surface area contributed by atoms with Crippen LogP contribution in [0.3, 0.4) is 0 Å². The molecule has 0 aromatic heterocycles. The average Bonchev–Trinajstić information content (AvgIpc) is 2.72. The summed E-state index contributed by atoms with van der Waals surface area (Å²) in [7, 11) is 0. The molecule has 3 rings (SSSR count). The fraction of sp³-hybridized carbons (Fsp3) is 0.130. The number of carbonyl (C=O) groups excluding carboxylic acids is 2. The van der Waals surface area contributed by atoms with Gasteiger partial charge in [0, 0.05) is 11.3 Å². The Morgan fingerprint density at radius 2 is 1.44 bits per heavy atom. The minimum Gasteiger partial charge on any atom is -0.460 e. The zero-order valence-corrected chi connectivity index (χ0v) is 15.2. The van der Waals surface area contributed by atoms with Gasteiger partial charge in [0.25, 0.3) is 5.91 Å². The van der Waals surface area contributed by atoms with Crippen LogP contribution < -0.4 is 4.90 Å². The largest absolute Gasteiger partial charge is 0.460 e. The molecule has 0 spiro atoms. The topological polar surface area (TPSA) is 46.6 Å². The first-order valence-electron chi connectivity index (χ1n) is 8.81. The van der Waals surface area contributed by atoms with Gasteiger partial charge in [-0.3, -0.25) is 4.79 Å². The first-order chi connectivity index (χ1) is 13.1. The lowest BCUT2D eigenvalue weighted by molar-refractivity contribution is 0.0511. The van der Waals surface area contributed by atoms with E-state index in [1.807, 2.05) is 55.5 Å². The molecule has 27 heavy (non-hydrogen) atoms. The highest BCUT2D eigenvalue weighted by Gasteiger charge is 2.18. The van der Waals surface area contributed by atoms with E-state index in [1.54, 1.807) is 41.3 Å². The zero-order valence-electron chi connectivity index (χ0n) is 15.2. The molecular weight excluding hydrogens is 338 g/mol. The van der Waals surface area contributed by atoms with Crippen molar-refractivity contribution < 1.29 is 14.3 Å². The van der Waals surface area contributed by atoms with Crippen molar-refractivity contribution in [3.63, 3.8) is 0 Å². The maximum atomic E-state index is 13.0. The van der Waals surface area contributed by atoms with Crippen LogP contribution in [0.15, 0.2) is 84.9 Å². The van der Waals surface area contributed by atoms with Crippen LogP contribution in [-0.2, 0) is 4.74 Å². The van der Waals surface area contributed by atoms with E-state index >= 15 is 0 Å². The number of esters is 1. The molecular formula is C23H21NO3. The molecule has 0 radical (unpaired) electrons. The fourth-order valence-electron chi connectivity index (χ4n) is 2.77. The predicted molar refractivity (Wildman–Crippen MR) is 106 cm³/mol. The first-order valence-corrected chi connectivity index (χ1v) is 8.81. The van der Waals surface area contributed by atoms with Gasteiger partial charge in [0.15, 0.2) is 0 Å². The number of hydrogen-bond donors (Lipinski definition) is 0. The molecule has 0 heterocycles. The predicted octanol–water partition coefficient (Wildman–Crippen LogP) is 4.50. The summed E-state index contributed by atoms with van der Waals surface area (Å²) >= 11 is 0. The Kier molecular flexibility index (Phi) is 6.00. The monoisotopic (exact) mass is 359 g/mol. The summed E-state index contributed by atoms with van der Waals surface area (Å²) in [4.78, 5) is 26.8. The number of benzene rings is 3. The number of rotatable bonds is 6. The number of ether oxygens (including phenoxy) is 1. The van der Waals surface area contributed by atoms with E-state index in [1.165, 1.54) is 0 Å². The number of amides is 1. The van der Waals surface area contributed by atoms with Crippen molar-refractivity contribution in [2.24, 2.45) is 0 Å². The molecule has 0 fully saturated rings. The van der Waals surface area contributed by atoms with Crippen molar-refractivity contribution in [2.75, 3.05) is 18.1 Å². The SMILES string of the molecule is Cc1cccc(N(CCOC(=O)c2ccccc2)C(=O)c2ccccc2)c1. The molecule has 0 saturated carbocycles. The highest BCUT2D eigenvalue weighted by molar-refractivity contribution is 6.06. The summed E-state index contributed by atoms with van der Waals surface area (Å²) in [5.41, 5.74) is 2.92. The molecule has 0 aliphatic rings. The van der Waals surface area contributed by atoms with Crippen LogP contribution in [0.5, 0.6) is 0 Å². The molecule has 3 aromatic rings. The smallest absolute Gasteiger partial charge is 0.338 e. The molecule has 4 nitrogen and oxygen atoms in total. The van der Waals surface area contributed by atoms with Crippen molar-refractivity contribution in [2.45, 2.75) is 6.92 Å². The third kappa shape index (κ3) is 4.82. The van der Waals surface area contributed by atoms with E-state index in [0.717, 1.165) is 11.3 Å². The van der Waals surface area contributed by atoms with E-state index in [0.29, 0.717) is 11.1 Å². The number of aryl methyl sites for hydroxylation is 1. The summed E-state index contributed by atoms with van der Waals surface area (Å²) in [6.07, 6.45) is 0. The summed E-state index contributed by atoms with van der Waals surface area (Å²) in [5.74, 6) is -0.524. The number of hydrogen-bond acceptors (Lipinski definition) is 3. The maximum absolute atomic E-state index is 13.0. The minimum absolute atomic E-state index is 0.111. The number of carbonyl (C=O) groups is 2. The van der Waals surface area contributed by atoms with Gasteiger partial charge in [-0.15, -0.1) is 0 Å². The maximum Gasteiger partial charge on any atom is 0.338 e. The highest BCUT2D eigenvalue weighted by atomic mass is 16.5. The summed E-state index contributed by atoms with van der Waals surface area (Å²) in [6.45, 7) is 2.36. The highest BCUT2D eigenvalue weighted by Crippen LogP contribution is 2.19. The number of nitrogens with zero attached hydrogens (tertiary/aromatic N) is 1. The summed E-state index contributed by atoms with van der Waals surface area (Å²) < 4.78 is 5.36. The Bertz CT molecular complexity index is 907. The van der Waals surface area contributed by atoms with Crippen LogP contribution in [0.2, 0.25) is 0 Å². The third-order valence-corrected chi connectivity index (χ3v) is 4.14. The van der Waals surface area contributed by atoms with E-state index < -0.39 is 5.97 Å². The van der Waals surface area contributed by atoms with Gasteiger partial charge >= 0.3 is 5.97 Å². The van der Waals surface area contributed by atoms with E-state index in [4.69, 9.17) is 4.74 Å². The fourth-order valence-corrected chi connectivity index (χ4v) is 2.77. The van der Waals surface area contributed by atoms with Gasteiger partial charge in [0.05, 0.1) is 12.1 Å². The van der Waals surface area contributed by atoms with E-state index in [-0.39, 0.29) is 19.1 Å².